The van der Waals surface area contributed by atoms with Crippen molar-refractivity contribution in [3.8, 4) is 17.1 Å². The maximum atomic E-state index is 12.4. The van der Waals surface area contributed by atoms with Gasteiger partial charge in [0.15, 0.2) is 0 Å². The van der Waals surface area contributed by atoms with E-state index in [9.17, 15) is 26.3 Å². The third-order valence-corrected chi connectivity index (χ3v) is 2.97. The molecular formula is C11H5BrF6N2O. The lowest BCUT2D eigenvalue weighted by Gasteiger charge is -2.10. The number of nitrogens with one attached hydrogen (secondary N) is 1. The van der Waals surface area contributed by atoms with Crippen LogP contribution < -0.4 is 4.74 Å². The van der Waals surface area contributed by atoms with E-state index in [0.717, 1.165) is 18.2 Å². The van der Waals surface area contributed by atoms with Gasteiger partial charge in [0.2, 0.25) is 0 Å². The number of hydrogen-bond donors (Lipinski definition) is 1. The number of alkyl halides is 6. The SMILES string of the molecule is FC(F)(F)Oc1ccc(-c2ncc(C(F)(F)F)[nH]2)c(Br)c1. The second-order valence-electron chi connectivity index (χ2n) is 3.83. The molecule has 0 aliphatic rings. The van der Waals surface area contributed by atoms with Crippen LogP contribution in [0.15, 0.2) is 28.9 Å². The normalized spacial score (nSPS) is 12.5. The first-order chi connectivity index (χ1) is 9.56. The van der Waals surface area contributed by atoms with Crippen molar-refractivity contribution >= 4 is 15.9 Å². The summed E-state index contributed by atoms with van der Waals surface area (Å²) in [4.78, 5) is 5.60. The van der Waals surface area contributed by atoms with Gasteiger partial charge in [-0.2, -0.15) is 13.2 Å². The molecule has 0 spiro atoms. The number of hydrogen-bond acceptors (Lipinski definition) is 2. The molecule has 0 saturated carbocycles. The number of H-pyrrole nitrogens is 1. The first kappa shape index (κ1) is 15.7. The Balaban J connectivity index is 2.31. The second kappa shape index (κ2) is 5.24. The highest BCUT2D eigenvalue weighted by molar-refractivity contribution is 9.10. The van der Waals surface area contributed by atoms with Crippen LogP contribution in [0.2, 0.25) is 0 Å². The highest BCUT2D eigenvalue weighted by Crippen LogP contribution is 2.34. The van der Waals surface area contributed by atoms with Crippen LogP contribution in [-0.2, 0) is 6.18 Å². The van der Waals surface area contributed by atoms with Crippen molar-refractivity contribution < 1.29 is 31.1 Å². The number of nitrogens with zero attached hydrogens (tertiary/aromatic N) is 1. The van der Waals surface area contributed by atoms with Crippen LogP contribution in [0.1, 0.15) is 5.69 Å². The van der Waals surface area contributed by atoms with Crippen molar-refractivity contribution in [1.82, 2.24) is 9.97 Å². The number of aromatic nitrogens is 2. The molecule has 0 bridgehead atoms. The minimum Gasteiger partial charge on any atom is -0.406 e. The maximum Gasteiger partial charge on any atom is 0.573 e. The minimum atomic E-state index is -4.85. The highest BCUT2D eigenvalue weighted by atomic mass is 79.9. The molecular weight excluding hydrogens is 370 g/mol. The fourth-order valence-electron chi connectivity index (χ4n) is 1.49. The summed E-state index contributed by atoms with van der Waals surface area (Å²) in [7, 11) is 0. The molecule has 1 heterocycles. The van der Waals surface area contributed by atoms with Crippen molar-refractivity contribution in [2.75, 3.05) is 0 Å². The third-order valence-electron chi connectivity index (χ3n) is 2.31. The fraction of sp³-hybridized carbons (Fsp3) is 0.182. The molecule has 10 heteroatoms. The van der Waals surface area contributed by atoms with Gasteiger partial charge in [-0.25, -0.2) is 4.98 Å². The summed E-state index contributed by atoms with van der Waals surface area (Å²) in [5.74, 6) is -0.631. The predicted octanol–water partition coefficient (Wildman–Crippen LogP) is 4.76. The van der Waals surface area contributed by atoms with Crippen molar-refractivity contribution in [1.29, 1.82) is 0 Å². The smallest absolute Gasteiger partial charge is 0.406 e. The van der Waals surface area contributed by atoms with Gasteiger partial charge in [0.25, 0.3) is 0 Å². The third kappa shape index (κ3) is 3.90. The molecule has 0 amide bonds. The molecule has 0 unspecified atom stereocenters. The first-order valence-corrected chi connectivity index (χ1v) is 6.03. The van der Waals surface area contributed by atoms with Crippen molar-refractivity contribution in [3.63, 3.8) is 0 Å². The topological polar surface area (TPSA) is 37.9 Å². The van der Waals surface area contributed by atoms with Crippen LogP contribution in [0, 0.1) is 0 Å². The fourth-order valence-corrected chi connectivity index (χ4v) is 2.03. The monoisotopic (exact) mass is 374 g/mol. The Hall–Kier alpha value is -1.71. The number of benzene rings is 1. The van der Waals surface area contributed by atoms with E-state index in [1.54, 1.807) is 0 Å². The van der Waals surface area contributed by atoms with Gasteiger partial charge in [-0.05, 0) is 34.1 Å². The number of halogens is 7. The van der Waals surface area contributed by atoms with Gasteiger partial charge in [-0.1, -0.05) is 0 Å². The lowest BCUT2D eigenvalue weighted by molar-refractivity contribution is -0.274. The Morgan fingerprint density at radius 2 is 1.76 bits per heavy atom. The largest absolute Gasteiger partial charge is 0.573 e. The lowest BCUT2D eigenvalue weighted by atomic mass is 10.2. The van der Waals surface area contributed by atoms with Gasteiger partial charge in [0.05, 0.1) is 6.20 Å². The Morgan fingerprint density at radius 3 is 2.24 bits per heavy atom. The van der Waals surface area contributed by atoms with E-state index < -0.39 is 24.0 Å². The van der Waals surface area contributed by atoms with Crippen LogP contribution in [0.4, 0.5) is 26.3 Å². The van der Waals surface area contributed by atoms with E-state index in [-0.39, 0.29) is 15.9 Å². The standard InChI is InChI=1S/C11H5BrF6N2O/c12-7-3-5(21-11(16,17)18)1-2-6(7)9-19-4-8(20-9)10(13,14)15/h1-4H,(H,19,20). The predicted molar refractivity (Wildman–Crippen MR) is 63.4 cm³/mol. The van der Waals surface area contributed by atoms with Crippen LogP contribution in [0.25, 0.3) is 11.4 Å². The average molecular weight is 375 g/mol. The van der Waals surface area contributed by atoms with E-state index in [1.165, 1.54) is 0 Å². The lowest BCUT2D eigenvalue weighted by Crippen LogP contribution is -2.17. The van der Waals surface area contributed by atoms with Gasteiger partial charge in [0, 0.05) is 10.0 Å². The van der Waals surface area contributed by atoms with Crippen molar-refractivity contribution in [2.45, 2.75) is 12.5 Å². The molecule has 0 aliphatic carbocycles. The summed E-state index contributed by atoms with van der Waals surface area (Å²) in [6.07, 6.45) is -8.84. The Labute approximate surface area is 122 Å². The molecule has 0 fully saturated rings. The van der Waals surface area contributed by atoms with E-state index in [2.05, 4.69) is 25.7 Å². The van der Waals surface area contributed by atoms with E-state index in [0.29, 0.717) is 6.20 Å². The zero-order valence-electron chi connectivity index (χ0n) is 9.81. The maximum absolute atomic E-state index is 12.4. The quantitative estimate of drug-likeness (QED) is 0.769. The van der Waals surface area contributed by atoms with Crippen molar-refractivity contribution in [3.05, 3.63) is 34.6 Å². The summed E-state index contributed by atoms with van der Waals surface area (Å²) in [5, 5.41) is 0. The average Bonchev–Trinajstić information content (AvgIpc) is 2.75. The van der Waals surface area contributed by atoms with Crippen LogP contribution in [0.3, 0.4) is 0 Å². The zero-order chi connectivity index (χ0) is 15.8. The van der Waals surface area contributed by atoms with Crippen LogP contribution >= 0.6 is 15.9 Å². The molecule has 0 atom stereocenters. The van der Waals surface area contributed by atoms with Gasteiger partial charge >= 0.3 is 12.5 Å². The van der Waals surface area contributed by atoms with Gasteiger partial charge in [-0.3, -0.25) is 0 Å². The molecule has 0 radical (unpaired) electrons. The number of ether oxygens (including phenoxy) is 1. The summed E-state index contributed by atoms with van der Waals surface area (Å²) < 4.78 is 77.3. The van der Waals surface area contributed by atoms with Gasteiger partial charge < -0.3 is 9.72 Å². The minimum absolute atomic E-state index is 0.104. The van der Waals surface area contributed by atoms with Gasteiger partial charge in [0.1, 0.15) is 17.3 Å². The van der Waals surface area contributed by atoms with E-state index in [4.69, 9.17) is 0 Å². The Bertz CT molecular complexity index is 649. The summed E-state index contributed by atoms with van der Waals surface area (Å²) in [5.41, 5.74) is -0.889. The first-order valence-electron chi connectivity index (χ1n) is 5.24. The van der Waals surface area contributed by atoms with E-state index >= 15 is 0 Å². The Morgan fingerprint density at radius 1 is 1.10 bits per heavy atom. The molecule has 2 rings (SSSR count). The number of imidazole rings is 1. The molecule has 0 saturated heterocycles. The molecule has 3 nitrogen and oxygen atoms in total. The van der Waals surface area contributed by atoms with E-state index in [1.807, 2.05) is 4.98 Å². The number of aromatic amines is 1. The molecule has 1 aromatic heterocycles. The second-order valence-corrected chi connectivity index (χ2v) is 4.69. The summed E-state index contributed by atoms with van der Waals surface area (Å²) in [6, 6.07) is 3.12. The molecule has 2 aromatic rings. The number of rotatable bonds is 2. The van der Waals surface area contributed by atoms with Crippen LogP contribution in [0.5, 0.6) is 5.75 Å². The molecule has 1 aromatic carbocycles. The molecule has 21 heavy (non-hydrogen) atoms. The van der Waals surface area contributed by atoms with Gasteiger partial charge in [-0.15, -0.1) is 13.2 Å². The van der Waals surface area contributed by atoms with Crippen molar-refractivity contribution in [2.24, 2.45) is 0 Å². The Kier molecular flexibility index (Phi) is 3.91. The summed E-state index contributed by atoms with van der Waals surface area (Å²) >= 11 is 2.96. The summed E-state index contributed by atoms with van der Waals surface area (Å²) in [6.45, 7) is 0. The zero-order valence-corrected chi connectivity index (χ0v) is 11.4. The van der Waals surface area contributed by atoms with Crippen LogP contribution in [-0.4, -0.2) is 16.3 Å². The molecule has 114 valence electrons. The molecule has 1 N–H and O–H groups in total. The molecule has 0 aliphatic heterocycles. The highest BCUT2D eigenvalue weighted by Gasteiger charge is 2.33.